The minimum atomic E-state index is -0.643. The Labute approximate surface area is 194 Å². The molecule has 1 heterocycles. The minimum absolute atomic E-state index is 0.0669. The third-order valence-corrected chi connectivity index (χ3v) is 7.00. The number of aliphatic hydroxyl groups is 1. The van der Waals surface area contributed by atoms with Crippen LogP contribution in [0.3, 0.4) is 0 Å². The summed E-state index contributed by atoms with van der Waals surface area (Å²) < 4.78 is 0. The summed E-state index contributed by atoms with van der Waals surface area (Å²) in [4.78, 5) is 31.1. The number of pyridine rings is 1. The van der Waals surface area contributed by atoms with Crippen molar-refractivity contribution >= 4 is 22.7 Å². The maximum atomic E-state index is 13.3. The molecule has 3 aromatic rings. The molecule has 1 aliphatic carbocycles. The molecular formula is C27H31N3O3. The molecule has 1 saturated carbocycles. The van der Waals surface area contributed by atoms with Gasteiger partial charge in [-0.05, 0) is 43.4 Å². The second-order valence-electron chi connectivity index (χ2n) is 9.10. The fraction of sp³-hybridized carbons (Fsp3) is 0.370. The molecule has 172 valence electrons. The molecule has 1 aromatic heterocycles. The molecule has 3 atom stereocenters. The maximum Gasteiger partial charge on any atom is 0.255 e. The van der Waals surface area contributed by atoms with E-state index in [2.05, 4.69) is 22.4 Å². The second-order valence-corrected chi connectivity index (χ2v) is 9.10. The van der Waals surface area contributed by atoms with E-state index in [-0.39, 0.29) is 23.3 Å². The number of carbonyl (C=O) groups excluding carboxylic acids is 2. The van der Waals surface area contributed by atoms with Gasteiger partial charge < -0.3 is 15.3 Å². The Morgan fingerprint density at radius 2 is 1.79 bits per heavy atom. The van der Waals surface area contributed by atoms with Gasteiger partial charge >= 0.3 is 0 Å². The molecule has 0 spiro atoms. The standard InChI is InChI=1S/C27H31N3O3/c1-19(31)29-18-27(22-9-4-3-5-10-22)14-12-24(25(32)13-15-27)30(2)26(33)21-16-20-8-6-7-11-23(20)28-17-21/h3-11,16-17,24-25,32H,12-15,18H2,1-2H3,(H,29,31)/t24-,25-,27-/m1/s1. The van der Waals surface area contributed by atoms with Crippen LogP contribution in [0.15, 0.2) is 66.9 Å². The van der Waals surface area contributed by atoms with Crippen LogP contribution in [0.25, 0.3) is 10.9 Å². The second kappa shape index (κ2) is 9.71. The average Bonchev–Trinajstić information content (AvgIpc) is 3.01. The Hall–Kier alpha value is -3.25. The van der Waals surface area contributed by atoms with Gasteiger partial charge in [0.2, 0.25) is 5.91 Å². The first-order chi connectivity index (χ1) is 15.9. The number of carbonyl (C=O) groups is 2. The minimum Gasteiger partial charge on any atom is -0.391 e. The highest BCUT2D eigenvalue weighted by atomic mass is 16.3. The summed E-state index contributed by atoms with van der Waals surface area (Å²) in [6.07, 6.45) is 3.64. The van der Waals surface area contributed by atoms with Crippen LogP contribution < -0.4 is 5.32 Å². The van der Waals surface area contributed by atoms with E-state index in [1.54, 1.807) is 18.1 Å². The number of nitrogens with zero attached hydrogens (tertiary/aromatic N) is 2. The fourth-order valence-corrected chi connectivity index (χ4v) is 5.01. The van der Waals surface area contributed by atoms with Crippen molar-refractivity contribution in [2.24, 2.45) is 0 Å². The van der Waals surface area contributed by atoms with Crippen molar-refractivity contribution in [3.05, 3.63) is 78.0 Å². The van der Waals surface area contributed by atoms with Gasteiger partial charge in [0.1, 0.15) is 0 Å². The topological polar surface area (TPSA) is 82.5 Å². The van der Waals surface area contributed by atoms with Gasteiger partial charge in [-0.1, -0.05) is 48.5 Å². The Morgan fingerprint density at radius 3 is 2.55 bits per heavy atom. The third-order valence-electron chi connectivity index (χ3n) is 7.00. The first-order valence-electron chi connectivity index (χ1n) is 11.5. The molecule has 2 amide bonds. The van der Waals surface area contributed by atoms with Crippen molar-refractivity contribution in [3.63, 3.8) is 0 Å². The van der Waals surface area contributed by atoms with Crippen LogP contribution in [0, 0.1) is 0 Å². The summed E-state index contributed by atoms with van der Waals surface area (Å²) in [5, 5.41) is 15.0. The fourth-order valence-electron chi connectivity index (χ4n) is 5.01. The molecule has 1 aliphatic rings. The molecular weight excluding hydrogens is 414 g/mol. The van der Waals surface area contributed by atoms with Crippen LogP contribution in [0.2, 0.25) is 0 Å². The first-order valence-corrected chi connectivity index (χ1v) is 11.5. The molecule has 6 heteroatoms. The normalized spacial score (nSPS) is 23.0. The third kappa shape index (κ3) is 4.91. The number of aromatic nitrogens is 1. The van der Waals surface area contributed by atoms with Crippen molar-refractivity contribution in [2.45, 2.75) is 50.2 Å². The van der Waals surface area contributed by atoms with E-state index >= 15 is 0 Å². The molecule has 4 rings (SSSR count). The Morgan fingerprint density at radius 1 is 1.09 bits per heavy atom. The number of fused-ring (bicyclic) bond motifs is 1. The summed E-state index contributed by atoms with van der Waals surface area (Å²) in [5.41, 5.74) is 2.23. The van der Waals surface area contributed by atoms with Gasteiger partial charge in [-0.25, -0.2) is 0 Å². The number of benzene rings is 2. The molecule has 0 aliphatic heterocycles. The maximum absolute atomic E-state index is 13.3. The first kappa shape index (κ1) is 22.9. The number of amides is 2. The lowest BCUT2D eigenvalue weighted by atomic mass is 9.74. The zero-order valence-corrected chi connectivity index (χ0v) is 19.2. The zero-order chi connectivity index (χ0) is 23.4. The van der Waals surface area contributed by atoms with Gasteiger partial charge in [-0.3, -0.25) is 14.6 Å². The van der Waals surface area contributed by atoms with Crippen molar-refractivity contribution in [1.82, 2.24) is 15.2 Å². The SMILES string of the molecule is CC(=O)NC[C@]1(c2ccccc2)CC[C@@H](O)[C@H](N(C)C(=O)c2cnc3ccccc3c2)CC1. The van der Waals surface area contributed by atoms with E-state index in [0.717, 1.165) is 29.3 Å². The number of aliphatic hydroxyl groups excluding tert-OH is 1. The van der Waals surface area contributed by atoms with Crippen LogP contribution >= 0.6 is 0 Å². The van der Waals surface area contributed by atoms with Crippen LogP contribution in [-0.2, 0) is 10.2 Å². The molecule has 2 N–H and O–H groups in total. The van der Waals surface area contributed by atoms with Crippen LogP contribution in [0.4, 0.5) is 0 Å². The highest BCUT2D eigenvalue weighted by Crippen LogP contribution is 2.39. The number of hydrogen-bond donors (Lipinski definition) is 2. The molecule has 1 fully saturated rings. The zero-order valence-electron chi connectivity index (χ0n) is 19.2. The van der Waals surface area contributed by atoms with E-state index in [1.165, 1.54) is 6.92 Å². The Bertz CT molecular complexity index is 1130. The highest BCUT2D eigenvalue weighted by molar-refractivity contribution is 5.97. The molecule has 0 bridgehead atoms. The quantitative estimate of drug-likeness (QED) is 0.587. The molecule has 2 aromatic carbocycles. The van der Waals surface area contributed by atoms with Crippen LogP contribution in [-0.4, -0.2) is 52.5 Å². The number of rotatable bonds is 5. The monoisotopic (exact) mass is 445 g/mol. The lowest BCUT2D eigenvalue weighted by Gasteiger charge is -2.34. The molecule has 33 heavy (non-hydrogen) atoms. The average molecular weight is 446 g/mol. The lowest BCUT2D eigenvalue weighted by Crippen LogP contribution is -2.44. The number of para-hydroxylation sites is 1. The van der Waals surface area contributed by atoms with Crippen molar-refractivity contribution in [3.8, 4) is 0 Å². The number of likely N-dealkylation sites (N-methyl/N-ethyl adjacent to an activating group) is 1. The molecule has 0 unspecified atom stereocenters. The van der Waals surface area contributed by atoms with Gasteiger partial charge in [-0.15, -0.1) is 0 Å². The Kier molecular flexibility index (Phi) is 6.75. The Balaban J connectivity index is 1.57. The highest BCUT2D eigenvalue weighted by Gasteiger charge is 2.40. The van der Waals surface area contributed by atoms with E-state index in [9.17, 15) is 14.7 Å². The molecule has 0 radical (unpaired) electrons. The van der Waals surface area contributed by atoms with Crippen molar-refractivity contribution in [2.75, 3.05) is 13.6 Å². The smallest absolute Gasteiger partial charge is 0.255 e. The van der Waals surface area contributed by atoms with E-state index in [1.807, 2.05) is 48.5 Å². The predicted molar refractivity (Wildman–Crippen MR) is 129 cm³/mol. The number of nitrogens with one attached hydrogen (secondary N) is 1. The summed E-state index contributed by atoms with van der Waals surface area (Å²) in [6.45, 7) is 2.04. The van der Waals surface area contributed by atoms with Crippen molar-refractivity contribution in [1.29, 1.82) is 0 Å². The predicted octanol–water partition coefficient (Wildman–Crippen LogP) is 3.68. The van der Waals surface area contributed by atoms with Gasteiger partial charge in [0, 0.05) is 37.5 Å². The van der Waals surface area contributed by atoms with Gasteiger partial charge in [0.05, 0.1) is 23.2 Å². The molecule has 0 saturated heterocycles. The van der Waals surface area contributed by atoms with Crippen LogP contribution in [0.1, 0.15) is 48.5 Å². The summed E-state index contributed by atoms with van der Waals surface area (Å²) in [6, 6.07) is 19.4. The summed E-state index contributed by atoms with van der Waals surface area (Å²) in [7, 11) is 1.76. The lowest BCUT2D eigenvalue weighted by molar-refractivity contribution is -0.119. The van der Waals surface area contributed by atoms with Gasteiger partial charge in [0.15, 0.2) is 0 Å². The van der Waals surface area contributed by atoms with E-state index in [0.29, 0.717) is 24.9 Å². The molecule has 6 nitrogen and oxygen atoms in total. The summed E-state index contributed by atoms with van der Waals surface area (Å²) >= 11 is 0. The van der Waals surface area contributed by atoms with Crippen LogP contribution in [0.5, 0.6) is 0 Å². The van der Waals surface area contributed by atoms with E-state index in [4.69, 9.17) is 0 Å². The van der Waals surface area contributed by atoms with Gasteiger partial charge in [0.25, 0.3) is 5.91 Å². The number of hydrogen-bond acceptors (Lipinski definition) is 4. The van der Waals surface area contributed by atoms with Crippen molar-refractivity contribution < 1.29 is 14.7 Å². The van der Waals surface area contributed by atoms with E-state index < -0.39 is 6.10 Å². The van der Waals surface area contributed by atoms with Gasteiger partial charge in [-0.2, -0.15) is 0 Å². The summed E-state index contributed by atoms with van der Waals surface area (Å²) in [5.74, 6) is -0.214. The largest absolute Gasteiger partial charge is 0.391 e.